The van der Waals surface area contributed by atoms with Crippen molar-refractivity contribution in [1.82, 2.24) is 14.8 Å². The van der Waals surface area contributed by atoms with E-state index in [1.54, 1.807) is 18.4 Å². The molecule has 136 valence electrons. The molecule has 1 saturated heterocycles. The molecule has 0 N–H and O–H groups in total. The Morgan fingerprint density at radius 1 is 1.27 bits per heavy atom. The predicted molar refractivity (Wildman–Crippen MR) is 97.7 cm³/mol. The van der Waals surface area contributed by atoms with Gasteiger partial charge in [-0.15, -0.1) is 10.2 Å². The van der Waals surface area contributed by atoms with Crippen LogP contribution in [-0.2, 0) is 17.0 Å². The van der Waals surface area contributed by atoms with E-state index in [9.17, 15) is 4.39 Å². The number of benzene rings is 1. The molecule has 1 unspecified atom stereocenters. The maximum absolute atomic E-state index is 14.0. The monoisotopic (exact) mass is 393 g/mol. The van der Waals surface area contributed by atoms with Crippen molar-refractivity contribution in [2.75, 3.05) is 6.61 Å². The lowest BCUT2D eigenvalue weighted by atomic mass is 10.2. The molecule has 26 heavy (non-hydrogen) atoms. The number of hydrogen-bond acceptors (Lipinski definition) is 5. The van der Waals surface area contributed by atoms with Crippen LogP contribution in [0, 0.1) is 5.82 Å². The Kier molecular flexibility index (Phi) is 5.28. The van der Waals surface area contributed by atoms with Gasteiger partial charge in [-0.2, -0.15) is 0 Å². The van der Waals surface area contributed by atoms with Gasteiger partial charge in [0.1, 0.15) is 5.82 Å². The van der Waals surface area contributed by atoms with E-state index in [-0.39, 0.29) is 11.9 Å². The molecule has 1 fully saturated rings. The Bertz CT molecular complexity index is 858. The molecule has 0 bridgehead atoms. The Morgan fingerprint density at radius 2 is 2.19 bits per heavy atom. The van der Waals surface area contributed by atoms with E-state index in [4.69, 9.17) is 20.8 Å². The van der Waals surface area contributed by atoms with Gasteiger partial charge in [0.15, 0.2) is 10.9 Å². The van der Waals surface area contributed by atoms with E-state index in [0.717, 1.165) is 19.4 Å². The van der Waals surface area contributed by atoms with Crippen LogP contribution in [0.25, 0.3) is 11.6 Å². The third-order valence-electron chi connectivity index (χ3n) is 4.28. The lowest BCUT2D eigenvalue weighted by Gasteiger charge is -2.14. The lowest BCUT2D eigenvalue weighted by molar-refractivity contribution is 0.0952. The summed E-state index contributed by atoms with van der Waals surface area (Å²) in [5.74, 6) is 1.34. The van der Waals surface area contributed by atoms with Gasteiger partial charge in [-0.05, 0) is 37.1 Å². The molecule has 5 nitrogen and oxygen atoms in total. The molecule has 1 atom stereocenters. The Balaban J connectivity index is 1.60. The van der Waals surface area contributed by atoms with E-state index in [0.29, 0.717) is 39.6 Å². The molecule has 3 aromatic rings. The Hall–Kier alpha value is -1.83. The fourth-order valence-corrected chi connectivity index (χ4v) is 4.24. The molecule has 0 radical (unpaired) electrons. The van der Waals surface area contributed by atoms with Gasteiger partial charge in [-0.1, -0.05) is 29.4 Å². The van der Waals surface area contributed by atoms with Crippen molar-refractivity contribution in [2.45, 2.75) is 36.4 Å². The summed E-state index contributed by atoms with van der Waals surface area (Å²) < 4.78 is 27.3. The number of hydrogen-bond donors (Lipinski definition) is 0. The maximum Gasteiger partial charge on any atom is 0.200 e. The van der Waals surface area contributed by atoms with Crippen LogP contribution >= 0.6 is 23.4 Å². The molecule has 0 saturated carbocycles. The molecule has 0 spiro atoms. The summed E-state index contributed by atoms with van der Waals surface area (Å²) in [7, 11) is 0. The van der Waals surface area contributed by atoms with Crippen LogP contribution < -0.4 is 0 Å². The molecule has 1 aliphatic heterocycles. The summed E-state index contributed by atoms with van der Waals surface area (Å²) in [6.07, 6.45) is 3.78. The van der Waals surface area contributed by atoms with Gasteiger partial charge in [0.2, 0.25) is 5.82 Å². The molecular weight excluding hydrogens is 377 g/mol. The van der Waals surface area contributed by atoms with Crippen molar-refractivity contribution in [1.29, 1.82) is 0 Å². The quantitative estimate of drug-likeness (QED) is 0.563. The van der Waals surface area contributed by atoms with Gasteiger partial charge in [-0.3, -0.25) is 4.57 Å². The lowest BCUT2D eigenvalue weighted by Crippen LogP contribution is -2.16. The van der Waals surface area contributed by atoms with E-state index in [2.05, 4.69) is 10.2 Å². The van der Waals surface area contributed by atoms with Gasteiger partial charge in [0.25, 0.3) is 0 Å². The summed E-state index contributed by atoms with van der Waals surface area (Å²) in [4.78, 5) is 0. The summed E-state index contributed by atoms with van der Waals surface area (Å²) >= 11 is 7.53. The minimum atomic E-state index is -0.318. The maximum atomic E-state index is 14.0. The highest BCUT2D eigenvalue weighted by atomic mass is 35.5. The predicted octanol–water partition coefficient (Wildman–Crippen LogP) is 4.80. The first-order valence-corrected chi connectivity index (χ1v) is 9.73. The first kappa shape index (κ1) is 17.6. The molecule has 3 heterocycles. The van der Waals surface area contributed by atoms with E-state index >= 15 is 0 Å². The first-order valence-electron chi connectivity index (χ1n) is 8.37. The highest BCUT2D eigenvalue weighted by Crippen LogP contribution is 2.31. The van der Waals surface area contributed by atoms with Gasteiger partial charge >= 0.3 is 0 Å². The molecular formula is C18H17ClFN3O2S. The van der Waals surface area contributed by atoms with Crippen molar-refractivity contribution in [2.24, 2.45) is 0 Å². The first-order chi connectivity index (χ1) is 12.7. The van der Waals surface area contributed by atoms with Crippen molar-refractivity contribution in [3.05, 3.63) is 53.0 Å². The molecule has 4 rings (SSSR count). The standard InChI is InChI=1S/C18H17ClFN3O2S/c19-14-5-1-6-15(20)13(14)11-26-18-22-21-17(16-7-3-9-25-16)23(18)10-12-4-2-8-24-12/h1,3,5-7,9,12H,2,4,8,10-11H2. The highest BCUT2D eigenvalue weighted by Gasteiger charge is 2.23. The Labute approximate surface area is 159 Å². The summed E-state index contributed by atoms with van der Waals surface area (Å²) in [5.41, 5.74) is 0.463. The van der Waals surface area contributed by atoms with E-state index in [1.807, 2.05) is 16.7 Å². The Morgan fingerprint density at radius 3 is 2.92 bits per heavy atom. The fourth-order valence-electron chi connectivity index (χ4n) is 2.95. The van der Waals surface area contributed by atoms with Gasteiger partial charge < -0.3 is 9.15 Å². The number of rotatable bonds is 6. The smallest absolute Gasteiger partial charge is 0.200 e. The zero-order valence-electron chi connectivity index (χ0n) is 13.9. The third-order valence-corrected chi connectivity index (χ3v) is 5.62. The van der Waals surface area contributed by atoms with Crippen LogP contribution in [0.3, 0.4) is 0 Å². The highest BCUT2D eigenvalue weighted by molar-refractivity contribution is 7.98. The molecule has 0 aliphatic carbocycles. The number of furan rings is 1. The largest absolute Gasteiger partial charge is 0.461 e. The average Bonchev–Trinajstić information content (AvgIpc) is 3.37. The van der Waals surface area contributed by atoms with E-state index < -0.39 is 0 Å². The van der Waals surface area contributed by atoms with Crippen molar-refractivity contribution in [3.8, 4) is 11.6 Å². The van der Waals surface area contributed by atoms with Crippen LogP contribution in [0.4, 0.5) is 4.39 Å². The normalized spacial score (nSPS) is 17.1. The third kappa shape index (κ3) is 3.65. The number of halogens is 2. The number of aromatic nitrogens is 3. The minimum Gasteiger partial charge on any atom is -0.461 e. The summed E-state index contributed by atoms with van der Waals surface area (Å²) in [6.45, 7) is 1.41. The molecule has 1 aromatic carbocycles. The van der Waals surface area contributed by atoms with Crippen LogP contribution in [0.2, 0.25) is 5.02 Å². The van der Waals surface area contributed by atoms with Crippen molar-refractivity contribution < 1.29 is 13.5 Å². The van der Waals surface area contributed by atoms with Crippen LogP contribution in [0.1, 0.15) is 18.4 Å². The average molecular weight is 394 g/mol. The zero-order valence-corrected chi connectivity index (χ0v) is 15.5. The van der Waals surface area contributed by atoms with Crippen LogP contribution in [0.5, 0.6) is 0 Å². The minimum absolute atomic E-state index is 0.121. The second-order valence-electron chi connectivity index (χ2n) is 6.02. The second-order valence-corrected chi connectivity index (χ2v) is 7.37. The van der Waals surface area contributed by atoms with Gasteiger partial charge in [0, 0.05) is 22.9 Å². The zero-order chi connectivity index (χ0) is 17.9. The molecule has 2 aromatic heterocycles. The topological polar surface area (TPSA) is 53.1 Å². The van der Waals surface area contributed by atoms with E-state index in [1.165, 1.54) is 17.8 Å². The number of nitrogens with zero attached hydrogens (tertiary/aromatic N) is 3. The SMILES string of the molecule is Fc1cccc(Cl)c1CSc1nnc(-c2ccco2)n1CC1CCCO1. The van der Waals surface area contributed by atoms with Gasteiger partial charge in [0.05, 0.1) is 18.9 Å². The van der Waals surface area contributed by atoms with Crippen molar-refractivity contribution >= 4 is 23.4 Å². The van der Waals surface area contributed by atoms with Gasteiger partial charge in [-0.25, -0.2) is 4.39 Å². The van der Waals surface area contributed by atoms with Crippen molar-refractivity contribution in [3.63, 3.8) is 0 Å². The summed E-state index contributed by atoms with van der Waals surface area (Å²) in [5, 5.41) is 9.65. The molecule has 0 amide bonds. The second kappa shape index (κ2) is 7.82. The number of thioether (sulfide) groups is 1. The van der Waals surface area contributed by atoms with Crippen LogP contribution in [-0.4, -0.2) is 27.5 Å². The fraction of sp³-hybridized carbons (Fsp3) is 0.333. The van der Waals surface area contributed by atoms with Crippen LogP contribution in [0.15, 0.2) is 46.2 Å². The molecule has 8 heteroatoms. The molecule has 1 aliphatic rings. The number of ether oxygens (including phenoxy) is 1. The summed E-state index contributed by atoms with van der Waals surface area (Å²) in [6, 6.07) is 8.35.